The summed E-state index contributed by atoms with van der Waals surface area (Å²) in [4.78, 5) is 32.3. The lowest BCUT2D eigenvalue weighted by atomic mass is 10.1. The number of anilines is 1. The van der Waals surface area contributed by atoms with Crippen LogP contribution < -0.4 is 10.6 Å². The Labute approximate surface area is 219 Å². The number of amides is 2. The number of rotatable bonds is 9. The zero-order valence-corrected chi connectivity index (χ0v) is 21.8. The van der Waals surface area contributed by atoms with Gasteiger partial charge in [-0.3, -0.25) is 9.59 Å². The number of benzene rings is 1. The highest BCUT2D eigenvalue weighted by atomic mass is 32.1. The fourth-order valence-corrected chi connectivity index (χ4v) is 5.84. The molecule has 2 amide bonds. The molecule has 2 aromatic heterocycles. The van der Waals surface area contributed by atoms with E-state index < -0.39 is 30.1 Å². The zero-order valence-electron chi connectivity index (χ0n) is 21.0. The molecule has 0 bridgehead atoms. The summed E-state index contributed by atoms with van der Waals surface area (Å²) in [5.74, 6) is -1.08. The van der Waals surface area contributed by atoms with Crippen LogP contribution in [0, 0.1) is 5.92 Å². The van der Waals surface area contributed by atoms with Crippen molar-refractivity contribution in [3.8, 4) is 5.69 Å². The molecule has 1 unspecified atom stereocenters. The Morgan fingerprint density at radius 2 is 1.86 bits per heavy atom. The maximum atomic E-state index is 13.3. The highest BCUT2D eigenvalue weighted by Crippen LogP contribution is 2.53. The number of thiazole rings is 1. The minimum absolute atomic E-state index is 0.0119. The summed E-state index contributed by atoms with van der Waals surface area (Å²) in [5.41, 5.74) is 2.46. The Bertz CT molecular complexity index is 1240. The van der Waals surface area contributed by atoms with Gasteiger partial charge in [0, 0.05) is 29.9 Å². The molecule has 1 saturated heterocycles. The highest BCUT2D eigenvalue weighted by molar-refractivity contribution is 7.13. The quantitative estimate of drug-likeness (QED) is 0.338. The first-order chi connectivity index (χ1) is 17.7. The number of fused-ring (bicyclic) bond motifs is 1. The van der Waals surface area contributed by atoms with E-state index in [1.54, 1.807) is 22.7 Å². The lowest BCUT2D eigenvalue weighted by Crippen LogP contribution is -2.51. The minimum Gasteiger partial charge on any atom is -0.380 e. The second-order valence-electron chi connectivity index (χ2n) is 10.1. The van der Waals surface area contributed by atoms with Crippen molar-refractivity contribution in [2.45, 2.75) is 70.0 Å². The summed E-state index contributed by atoms with van der Waals surface area (Å²) >= 11 is 1.48. The highest BCUT2D eigenvalue weighted by Gasteiger charge is 2.56. The van der Waals surface area contributed by atoms with Gasteiger partial charge in [0.25, 0.3) is 11.8 Å². The van der Waals surface area contributed by atoms with Crippen LogP contribution in [0.3, 0.4) is 0 Å². The third-order valence-electron chi connectivity index (χ3n) is 6.98. The second-order valence-corrected chi connectivity index (χ2v) is 11.0. The van der Waals surface area contributed by atoms with Crippen LogP contribution in [0.15, 0.2) is 48.1 Å². The van der Waals surface area contributed by atoms with E-state index >= 15 is 0 Å². The van der Waals surface area contributed by atoms with Crippen molar-refractivity contribution in [2.24, 2.45) is 5.92 Å². The largest absolute Gasteiger partial charge is 0.380 e. The van der Waals surface area contributed by atoms with Gasteiger partial charge in [0.2, 0.25) is 0 Å². The van der Waals surface area contributed by atoms with Gasteiger partial charge in [-0.15, -0.1) is 11.3 Å². The van der Waals surface area contributed by atoms with Gasteiger partial charge in [-0.05, 0) is 63.3 Å². The number of aromatic nitrogens is 3. The molecule has 10 nitrogen and oxygen atoms in total. The van der Waals surface area contributed by atoms with Crippen molar-refractivity contribution in [1.29, 1.82) is 0 Å². The Morgan fingerprint density at radius 3 is 2.54 bits per heavy atom. The molecule has 196 valence electrons. The Kier molecular flexibility index (Phi) is 7.02. The predicted molar refractivity (Wildman–Crippen MR) is 139 cm³/mol. The third-order valence-corrected chi connectivity index (χ3v) is 7.77. The summed E-state index contributed by atoms with van der Waals surface area (Å²) in [6.45, 7) is 5.83. The molecule has 2 fully saturated rings. The van der Waals surface area contributed by atoms with Crippen molar-refractivity contribution in [3.05, 3.63) is 59.4 Å². The van der Waals surface area contributed by atoms with E-state index in [0.717, 1.165) is 34.9 Å². The summed E-state index contributed by atoms with van der Waals surface area (Å²) in [6.07, 6.45) is 1.41. The summed E-state index contributed by atoms with van der Waals surface area (Å²) in [5, 5.41) is 34.2. The fraction of sp³-hybridized carbons (Fsp3) is 0.462. The van der Waals surface area contributed by atoms with Crippen LogP contribution in [0.25, 0.3) is 5.69 Å². The monoisotopic (exact) mass is 524 g/mol. The predicted octanol–water partition coefficient (Wildman–Crippen LogP) is 2.41. The first kappa shape index (κ1) is 25.4. The minimum atomic E-state index is -1.88. The SMILES string of the molecule is CC(C)Nc1nc([C@H]2C[C@H]3CC3N2C(=O)[C@H](O)[C@@H](O)C(=O)N[C@H](C)c2ccc(-n3cccn3)cc2)cs1. The third kappa shape index (κ3) is 5.25. The van der Waals surface area contributed by atoms with Gasteiger partial charge >= 0.3 is 0 Å². The Hall–Kier alpha value is -3.28. The standard InChI is InChI=1S/C26H32N6O4S/c1-14(2)28-26-30-19(13-37-26)21-12-17-11-20(17)32(21)25(36)23(34)22(33)24(35)29-15(3)16-5-7-18(8-6-16)31-10-4-9-27-31/h4-10,13-15,17,20-23,33-34H,11-12H2,1-3H3,(H,28,30)(H,29,35)/t15-,17-,20?,21-,22-,23-/m1/s1. The molecule has 3 heterocycles. The average molecular weight is 525 g/mol. The number of aliphatic hydroxyl groups is 2. The molecular weight excluding hydrogens is 492 g/mol. The molecule has 1 aliphatic heterocycles. The van der Waals surface area contributed by atoms with Gasteiger partial charge in [-0.25, -0.2) is 9.67 Å². The molecule has 4 N–H and O–H groups in total. The van der Waals surface area contributed by atoms with Gasteiger partial charge in [-0.2, -0.15) is 5.10 Å². The van der Waals surface area contributed by atoms with Gasteiger partial charge < -0.3 is 25.7 Å². The summed E-state index contributed by atoms with van der Waals surface area (Å²) in [6, 6.07) is 8.83. The summed E-state index contributed by atoms with van der Waals surface area (Å²) < 4.78 is 1.72. The molecule has 6 atom stereocenters. The molecule has 1 saturated carbocycles. The number of nitrogens with one attached hydrogen (secondary N) is 2. The Morgan fingerprint density at radius 1 is 1.11 bits per heavy atom. The molecule has 2 aliphatic rings. The Balaban J connectivity index is 1.22. The number of carbonyl (C=O) groups excluding carboxylic acids is 2. The first-order valence-corrected chi connectivity index (χ1v) is 13.4. The van der Waals surface area contributed by atoms with E-state index in [0.29, 0.717) is 5.92 Å². The number of hydrogen-bond donors (Lipinski definition) is 4. The topological polar surface area (TPSA) is 133 Å². The van der Waals surface area contributed by atoms with E-state index in [4.69, 9.17) is 0 Å². The van der Waals surface area contributed by atoms with Crippen LogP contribution in [-0.4, -0.2) is 66.0 Å². The molecule has 0 spiro atoms. The number of aliphatic hydroxyl groups excluding tert-OH is 2. The number of carbonyl (C=O) groups is 2. The van der Waals surface area contributed by atoms with Crippen molar-refractivity contribution in [1.82, 2.24) is 25.0 Å². The maximum absolute atomic E-state index is 13.3. The van der Waals surface area contributed by atoms with E-state index in [1.165, 1.54) is 11.3 Å². The van der Waals surface area contributed by atoms with Crippen LogP contribution in [0.2, 0.25) is 0 Å². The van der Waals surface area contributed by atoms with Gasteiger partial charge in [0.05, 0.1) is 23.5 Å². The molecule has 0 radical (unpaired) electrons. The lowest BCUT2D eigenvalue weighted by Gasteiger charge is -2.30. The fourth-order valence-electron chi connectivity index (χ4n) is 4.94. The molecule has 5 rings (SSSR count). The van der Waals surface area contributed by atoms with Crippen molar-refractivity contribution >= 4 is 28.3 Å². The van der Waals surface area contributed by atoms with E-state index in [-0.39, 0.29) is 18.1 Å². The molecule has 1 aliphatic carbocycles. The number of likely N-dealkylation sites (tertiary alicyclic amines) is 1. The van der Waals surface area contributed by atoms with E-state index in [9.17, 15) is 19.8 Å². The average Bonchev–Trinajstić information content (AvgIpc) is 3.29. The van der Waals surface area contributed by atoms with Crippen LogP contribution in [0.5, 0.6) is 0 Å². The van der Waals surface area contributed by atoms with Crippen molar-refractivity contribution in [3.63, 3.8) is 0 Å². The van der Waals surface area contributed by atoms with Crippen LogP contribution >= 0.6 is 11.3 Å². The molecular formula is C26H32N6O4S. The van der Waals surface area contributed by atoms with Crippen molar-refractivity contribution < 1.29 is 19.8 Å². The molecule has 37 heavy (non-hydrogen) atoms. The van der Waals surface area contributed by atoms with Crippen LogP contribution in [-0.2, 0) is 9.59 Å². The van der Waals surface area contributed by atoms with Gasteiger partial charge in [-0.1, -0.05) is 12.1 Å². The number of piperidine rings is 1. The van der Waals surface area contributed by atoms with Crippen molar-refractivity contribution in [2.75, 3.05) is 5.32 Å². The van der Waals surface area contributed by atoms with Crippen LogP contribution in [0.4, 0.5) is 5.13 Å². The smallest absolute Gasteiger partial charge is 0.255 e. The first-order valence-electron chi connectivity index (χ1n) is 12.5. The molecule has 1 aromatic carbocycles. The van der Waals surface area contributed by atoms with E-state index in [1.807, 2.05) is 55.8 Å². The van der Waals surface area contributed by atoms with Gasteiger partial charge in [0.15, 0.2) is 17.3 Å². The molecule has 3 aromatic rings. The zero-order chi connectivity index (χ0) is 26.3. The van der Waals surface area contributed by atoms with Gasteiger partial charge in [0.1, 0.15) is 0 Å². The maximum Gasteiger partial charge on any atom is 0.255 e. The molecule has 11 heteroatoms. The number of nitrogens with zero attached hydrogens (tertiary/aromatic N) is 4. The lowest BCUT2D eigenvalue weighted by molar-refractivity contribution is -0.155. The number of hydrogen-bond acceptors (Lipinski definition) is 8. The van der Waals surface area contributed by atoms with E-state index in [2.05, 4.69) is 20.7 Å². The second kappa shape index (κ2) is 10.2. The normalized spacial score (nSPS) is 22.9. The van der Waals surface area contributed by atoms with Crippen LogP contribution in [0.1, 0.15) is 57.0 Å². The summed E-state index contributed by atoms with van der Waals surface area (Å²) in [7, 11) is 0.